The maximum Gasteiger partial charge on any atom is 0.416 e. The second kappa shape index (κ2) is 8.66. The summed E-state index contributed by atoms with van der Waals surface area (Å²) in [5, 5.41) is 15.0. The van der Waals surface area contributed by atoms with Crippen molar-refractivity contribution in [1.82, 2.24) is 0 Å². The summed E-state index contributed by atoms with van der Waals surface area (Å²) in [6.07, 6.45) is -0.0287. The van der Waals surface area contributed by atoms with Crippen LogP contribution in [0.3, 0.4) is 0 Å². The first-order valence-corrected chi connectivity index (χ1v) is 12.5. The van der Waals surface area contributed by atoms with E-state index in [1.54, 1.807) is 24.3 Å². The van der Waals surface area contributed by atoms with Crippen molar-refractivity contribution in [2.24, 2.45) is 5.92 Å². The Bertz CT molecular complexity index is 1490. The second-order valence-corrected chi connectivity index (χ2v) is 10.4. The van der Waals surface area contributed by atoms with Crippen LogP contribution in [0.1, 0.15) is 35.1 Å². The number of anilines is 2. The van der Waals surface area contributed by atoms with Crippen LogP contribution in [-0.2, 0) is 16.2 Å². The number of hydrogen-bond donors (Lipinski definition) is 2. The molecule has 11 heteroatoms. The zero-order chi connectivity index (χ0) is 25.7. The molecule has 3 atom stereocenters. The Morgan fingerprint density at radius 3 is 2.53 bits per heavy atom. The maximum atomic E-state index is 13.0. The van der Waals surface area contributed by atoms with Gasteiger partial charge in [0.05, 0.1) is 27.0 Å². The van der Waals surface area contributed by atoms with Crippen LogP contribution in [0.4, 0.5) is 30.2 Å². The van der Waals surface area contributed by atoms with Crippen molar-refractivity contribution in [3.63, 3.8) is 0 Å². The molecule has 0 amide bonds. The molecule has 0 aromatic heterocycles. The van der Waals surface area contributed by atoms with Gasteiger partial charge in [0.25, 0.3) is 15.7 Å². The van der Waals surface area contributed by atoms with E-state index in [1.165, 1.54) is 24.3 Å². The lowest BCUT2D eigenvalue weighted by Gasteiger charge is -2.37. The van der Waals surface area contributed by atoms with Crippen molar-refractivity contribution in [2.45, 2.75) is 29.5 Å². The van der Waals surface area contributed by atoms with Gasteiger partial charge < -0.3 is 5.32 Å². The van der Waals surface area contributed by atoms with Crippen LogP contribution in [0.15, 0.2) is 83.8 Å². The first-order chi connectivity index (χ1) is 17.0. The van der Waals surface area contributed by atoms with Gasteiger partial charge in [0.15, 0.2) is 0 Å². The predicted molar refractivity (Wildman–Crippen MR) is 128 cm³/mol. The third kappa shape index (κ3) is 4.30. The summed E-state index contributed by atoms with van der Waals surface area (Å²) < 4.78 is 67.4. The fraction of sp³-hybridized carbons (Fsp3) is 0.200. The lowest BCUT2D eigenvalue weighted by molar-refractivity contribution is -0.385. The average Bonchev–Trinajstić information content (AvgIpc) is 3.33. The molecule has 1 aliphatic carbocycles. The Hall–Kier alpha value is -3.86. The number of allylic oxidation sites excluding steroid dienone is 2. The van der Waals surface area contributed by atoms with E-state index in [0.29, 0.717) is 23.2 Å². The molecule has 2 N–H and O–H groups in total. The fourth-order valence-electron chi connectivity index (χ4n) is 4.94. The van der Waals surface area contributed by atoms with E-state index in [1.807, 2.05) is 12.2 Å². The smallest absolute Gasteiger partial charge is 0.377 e. The van der Waals surface area contributed by atoms with Crippen molar-refractivity contribution >= 4 is 27.1 Å². The van der Waals surface area contributed by atoms with Gasteiger partial charge in [-0.25, -0.2) is 8.42 Å². The summed E-state index contributed by atoms with van der Waals surface area (Å²) in [7, 11) is -4.18. The summed E-state index contributed by atoms with van der Waals surface area (Å²) in [5.74, 6) is -0.261. The minimum absolute atomic E-state index is 0.00795. The monoisotopic (exact) mass is 515 g/mol. The topological polar surface area (TPSA) is 101 Å². The molecule has 7 nitrogen and oxygen atoms in total. The van der Waals surface area contributed by atoms with Crippen LogP contribution in [-0.4, -0.2) is 13.3 Å². The van der Waals surface area contributed by atoms with Crippen molar-refractivity contribution in [1.29, 1.82) is 0 Å². The highest BCUT2D eigenvalue weighted by atomic mass is 32.2. The van der Waals surface area contributed by atoms with E-state index in [9.17, 15) is 31.7 Å². The standard InChI is InChI=1S/C25H20F3N3O4S/c26-25(27,28)15-5-3-6-16(13-15)30-36(34,35)17-11-12-22-21(14-17)18-8-4-9-19(18)24(29-22)20-7-1-2-10-23(20)31(32)33/h1-8,10-14,18-19,24,29-30H,9H2/t18-,19+,24-/m0/s1. The fourth-order valence-corrected chi connectivity index (χ4v) is 6.02. The molecule has 0 radical (unpaired) electrons. The molecule has 0 spiro atoms. The average molecular weight is 516 g/mol. The number of benzene rings is 3. The van der Waals surface area contributed by atoms with Crippen LogP contribution >= 0.6 is 0 Å². The highest BCUT2D eigenvalue weighted by Gasteiger charge is 2.40. The molecule has 2 aliphatic rings. The lowest BCUT2D eigenvalue weighted by Crippen LogP contribution is -2.30. The molecule has 186 valence electrons. The Morgan fingerprint density at radius 1 is 1.00 bits per heavy atom. The predicted octanol–water partition coefficient (Wildman–Crippen LogP) is 6.24. The van der Waals surface area contributed by atoms with E-state index < -0.39 is 26.7 Å². The SMILES string of the molecule is O=[N+]([O-])c1ccccc1[C@H]1Nc2ccc(S(=O)(=O)Nc3cccc(C(F)(F)F)c3)cc2[C@H]2C=CC[C@H]21. The van der Waals surface area contributed by atoms with Gasteiger partial charge in [0.1, 0.15) is 0 Å². The molecule has 0 saturated carbocycles. The van der Waals surface area contributed by atoms with E-state index in [4.69, 9.17) is 0 Å². The Labute approximate surface area is 204 Å². The summed E-state index contributed by atoms with van der Waals surface area (Å²) in [5.41, 5.74) is 0.746. The van der Waals surface area contributed by atoms with Gasteiger partial charge in [-0.2, -0.15) is 13.2 Å². The minimum atomic E-state index is -4.60. The Morgan fingerprint density at radius 2 is 1.78 bits per heavy atom. The van der Waals surface area contributed by atoms with Gasteiger partial charge in [-0.15, -0.1) is 0 Å². The number of rotatable bonds is 5. The molecular formula is C25H20F3N3O4S. The van der Waals surface area contributed by atoms with Crippen LogP contribution in [0.2, 0.25) is 0 Å². The largest absolute Gasteiger partial charge is 0.416 e. The molecular weight excluding hydrogens is 495 g/mol. The number of nitro benzene ring substituents is 1. The summed E-state index contributed by atoms with van der Waals surface area (Å²) >= 11 is 0. The number of sulfonamides is 1. The zero-order valence-electron chi connectivity index (χ0n) is 18.6. The molecule has 5 rings (SSSR count). The third-order valence-electron chi connectivity index (χ3n) is 6.56. The maximum absolute atomic E-state index is 13.0. The molecule has 0 unspecified atom stereocenters. The van der Waals surface area contributed by atoms with Gasteiger partial charge in [0, 0.05) is 23.4 Å². The summed E-state index contributed by atoms with van der Waals surface area (Å²) in [6, 6.07) is 14.6. The molecule has 36 heavy (non-hydrogen) atoms. The third-order valence-corrected chi connectivity index (χ3v) is 7.93. The normalized spacial score (nSPS) is 20.8. The van der Waals surface area contributed by atoms with E-state index in [-0.39, 0.29) is 34.1 Å². The Kier molecular flexibility index (Phi) is 5.74. The summed E-state index contributed by atoms with van der Waals surface area (Å²) in [6.45, 7) is 0. The van der Waals surface area contributed by atoms with Gasteiger partial charge in [-0.3, -0.25) is 14.8 Å². The van der Waals surface area contributed by atoms with Crippen LogP contribution in [0.5, 0.6) is 0 Å². The van der Waals surface area contributed by atoms with Crippen molar-refractivity contribution < 1.29 is 26.5 Å². The number of nitrogens with one attached hydrogen (secondary N) is 2. The molecule has 0 fully saturated rings. The van der Waals surface area contributed by atoms with Crippen LogP contribution < -0.4 is 10.0 Å². The first kappa shape index (κ1) is 23.9. The number of nitro groups is 1. The van der Waals surface area contributed by atoms with Crippen LogP contribution in [0, 0.1) is 16.0 Å². The molecule has 0 saturated heterocycles. The number of nitrogens with zero attached hydrogens (tertiary/aromatic N) is 1. The minimum Gasteiger partial charge on any atom is -0.377 e. The Balaban J connectivity index is 1.48. The molecule has 1 aliphatic heterocycles. The molecule has 3 aromatic rings. The van der Waals surface area contributed by atoms with Gasteiger partial charge in [-0.05, 0) is 54.3 Å². The van der Waals surface area contributed by atoms with Crippen molar-refractivity contribution in [2.75, 3.05) is 10.0 Å². The van der Waals surface area contributed by atoms with Gasteiger partial charge in [0.2, 0.25) is 0 Å². The quantitative estimate of drug-likeness (QED) is 0.238. The first-order valence-electron chi connectivity index (χ1n) is 11.0. The number of para-hydroxylation sites is 1. The van der Waals surface area contributed by atoms with Crippen LogP contribution in [0.25, 0.3) is 0 Å². The number of hydrogen-bond acceptors (Lipinski definition) is 5. The van der Waals surface area contributed by atoms with Gasteiger partial charge >= 0.3 is 6.18 Å². The molecule has 3 aromatic carbocycles. The number of halogens is 3. The van der Waals surface area contributed by atoms with E-state index in [2.05, 4.69) is 10.0 Å². The zero-order valence-corrected chi connectivity index (χ0v) is 19.4. The van der Waals surface area contributed by atoms with E-state index in [0.717, 1.165) is 18.2 Å². The molecule has 0 bridgehead atoms. The van der Waals surface area contributed by atoms with Crippen molar-refractivity contribution in [3.8, 4) is 0 Å². The second-order valence-electron chi connectivity index (χ2n) is 8.72. The summed E-state index contributed by atoms with van der Waals surface area (Å²) in [4.78, 5) is 11.1. The van der Waals surface area contributed by atoms with Gasteiger partial charge in [-0.1, -0.05) is 36.4 Å². The number of fused-ring (bicyclic) bond motifs is 3. The highest BCUT2D eigenvalue weighted by molar-refractivity contribution is 7.92. The van der Waals surface area contributed by atoms with E-state index >= 15 is 0 Å². The number of alkyl halides is 3. The highest BCUT2D eigenvalue weighted by Crippen LogP contribution is 2.51. The van der Waals surface area contributed by atoms with Crippen molar-refractivity contribution in [3.05, 3.63) is 106 Å². The lowest BCUT2D eigenvalue weighted by atomic mass is 9.76. The molecule has 1 heterocycles.